The molecule has 0 N–H and O–H groups in total. The van der Waals surface area contributed by atoms with Crippen molar-refractivity contribution in [2.45, 2.75) is 0 Å². The van der Waals surface area contributed by atoms with Crippen molar-refractivity contribution < 1.29 is 4.52 Å². The number of nitriles is 1. The number of nitrogens with zero attached hydrogens (tertiary/aromatic N) is 4. The van der Waals surface area contributed by atoms with Crippen LogP contribution in [0.5, 0.6) is 0 Å². The van der Waals surface area contributed by atoms with E-state index in [1.807, 2.05) is 23.7 Å². The lowest BCUT2D eigenvalue weighted by Crippen LogP contribution is -1.92. The number of rotatable bonds is 1. The van der Waals surface area contributed by atoms with Crippen molar-refractivity contribution in [3.8, 4) is 17.6 Å². The maximum atomic E-state index is 9.03. The molecule has 0 atom stereocenters. The van der Waals surface area contributed by atoms with Gasteiger partial charge in [-0.1, -0.05) is 11.2 Å². The van der Waals surface area contributed by atoms with Crippen molar-refractivity contribution in [2.75, 3.05) is 0 Å². The van der Waals surface area contributed by atoms with Crippen LogP contribution in [0, 0.1) is 11.3 Å². The van der Waals surface area contributed by atoms with Crippen LogP contribution in [0.2, 0.25) is 0 Å². The Morgan fingerprint density at radius 3 is 2.94 bits per heavy atom. The summed E-state index contributed by atoms with van der Waals surface area (Å²) in [5, 5.41) is 12.9. The third kappa shape index (κ3) is 1.31. The van der Waals surface area contributed by atoms with E-state index in [0.29, 0.717) is 22.6 Å². The smallest absolute Gasteiger partial charge is 0.163 e. The molecule has 0 amide bonds. The Hall–Kier alpha value is -2.61. The van der Waals surface area contributed by atoms with Crippen LogP contribution < -0.4 is 0 Å². The molecule has 82 valence electrons. The minimum absolute atomic E-state index is 0.563. The molecule has 0 bridgehead atoms. The second-order valence-electron chi connectivity index (χ2n) is 3.66. The lowest BCUT2D eigenvalue weighted by Gasteiger charge is -1.97. The van der Waals surface area contributed by atoms with E-state index in [2.05, 4.69) is 16.2 Å². The van der Waals surface area contributed by atoms with Crippen molar-refractivity contribution >= 4 is 11.0 Å². The summed E-state index contributed by atoms with van der Waals surface area (Å²) in [7, 11) is 1.89. The van der Waals surface area contributed by atoms with Crippen LogP contribution in [0.4, 0.5) is 0 Å². The second-order valence-corrected chi connectivity index (χ2v) is 3.66. The Morgan fingerprint density at radius 1 is 1.35 bits per heavy atom. The third-order valence-corrected chi connectivity index (χ3v) is 2.70. The highest BCUT2D eigenvalue weighted by atomic mass is 16.5. The summed E-state index contributed by atoms with van der Waals surface area (Å²) in [6, 6.07) is 9.40. The van der Waals surface area contributed by atoms with Gasteiger partial charge in [-0.3, -0.25) is 0 Å². The molecule has 17 heavy (non-hydrogen) atoms. The average Bonchev–Trinajstić information content (AvgIpc) is 2.97. The van der Waals surface area contributed by atoms with Crippen LogP contribution in [-0.2, 0) is 7.05 Å². The summed E-state index contributed by atoms with van der Waals surface area (Å²) < 4.78 is 6.70. The number of hydrogen-bond acceptors (Lipinski definition) is 4. The van der Waals surface area contributed by atoms with E-state index in [9.17, 15) is 0 Å². The van der Waals surface area contributed by atoms with Gasteiger partial charge in [0.05, 0.1) is 11.1 Å². The van der Waals surface area contributed by atoms with Gasteiger partial charge in [0, 0.05) is 13.1 Å². The molecule has 0 spiro atoms. The summed E-state index contributed by atoms with van der Waals surface area (Å²) in [6.45, 7) is 0. The number of hydrogen-bond donors (Lipinski definition) is 0. The first-order valence-corrected chi connectivity index (χ1v) is 5.07. The van der Waals surface area contributed by atoms with Gasteiger partial charge >= 0.3 is 0 Å². The molecule has 5 heteroatoms. The first-order chi connectivity index (χ1) is 8.31. The first kappa shape index (κ1) is 9.60. The van der Waals surface area contributed by atoms with E-state index in [-0.39, 0.29) is 0 Å². The Kier molecular flexibility index (Phi) is 1.95. The largest absolute Gasteiger partial charge is 0.364 e. The summed E-state index contributed by atoms with van der Waals surface area (Å²) >= 11 is 0. The molecule has 0 aliphatic rings. The van der Waals surface area contributed by atoms with Crippen molar-refractivity contribution in [2.24, 2.45) is 7.05 Å². The van der Waals surface area contributed by atoms with Gasteiger partial charge in [-0.05, 0) is 12.1 Å². The number of fused-ring (bicyclic) bond motifs is 1. The summed E-state index contributed by atoms with van der Waals surface area (Å²) in [5.41, 5.74) is 2.82. The van der Waals surface area contributed by atoms with Crippen LogP contribution in [0.3, 0.4) is 0 Å². The summed E-state index contributed by atoms with van der Waals surface area (Å²) in [5.74, 6) is 0.691. The molecule has 2 aromatic heterocycles. The van der Waals surface area contributed by atoms with Crippen LogP contribution >= 0.6 is 0 Å². The molecule has 0 radical (unpaired) electrons. The number of aryl methyl sites for hydroxylation is 1. The monoisotopic (exact) mass is 224 g/mol. The third-order valence-electron chi connectivity index (χ3n) is 2.70. The Bertz CT molecular complexity index is 719. The molecule has 3 rings (SSSR count). The number of imidazole rings is 1. The zero-order valence-electron chi connectivity index (χ0n) is 9.08. The van der Waals surface area contributed by atoms with Crippen LogP contribution in [0.25, 0.3) is 22.6 Å². The molecule has 0 fully saturated rings. The van der Waals surface area contributed by atoms with E-state index in [1.54, 1.807) is 12.1 Å². The molecule has 0 aliphatic heterocycles. The van der Waals surface area contributed by atoms with E-state index in [4.69, 9.17) is 9.78 Å². The van der Waals surface area contributed by atoms with Crippen LogP contribution in [0.1, 0.15) is 5.56 Å². The molecule has 0 saturated heterocycles. The fraction of sp³-hybridized carbons (Fsp3) is 0.0833. The lowest BCUT2D eigenvalue weighted by molar-refractivity contribution is 0.421. The van der Waals surface area contributed by atoms with Gasteiger partial charge < -0.3 is 9.09 Å². The van der Waals surface area contributed by atoms with Crippen molar-refractivity contribution in [3.05, 3.63) is 36.1 Å². The fourth-order valence-electron chi connectivity index (χ4n) is 1.86. The van der Waals surface area contributed by atoms with Crippen LogP contribution in [0.15, 0.2) is 35.1 Å². The topological polar surface area (TPSA) is 67.6 Å². The number of aromatic nitrogens is 3. The first-order valence-electron chi connectivity index (χ1n) is 5.07. The van der Waals surface area contributed by atoms with E-state index >= 15 is 0 Å². The normalized spacial score (nSPS) is 10.6. The zero-order valence-corrected chi connectivity index (χ0v) is 9.08. The highest BCUT2D eigenvalue weighted by Crippen LogP contribution is 2.24. The number of para-hydroxylation sites is 1. The molecule has 5 nitrogen and oxygen atoms in total. The van der Waals surface area contributed by atoms with Crippen LogP contribution in [-0.4, -0.2) is 14.7 Å². The number of benzene rings is 1. The van der Waals surface area contributed by atoms with Gasteiger partial charge in [-0.2, -0.15) is 5.26 Å². The highest BCUT2D eigenvalue weighted by Gasteiger charge is 2.14. The molecular formula is C12H8N4O. The molecule has 0 saturated carbocycles. The second kappa shape index (κ2) is 3.46. The zero-order chi connectivity index (χ0) is 11.8. The van der Waals surface area contributed by atoms with Gasteiger partial charge in [0.15, 0.2) is 5.82 Å². The van der Waals surface area contributed by atoms with Gasteiger partial charge in [0.25, 0.3) is 0 Å². The van der Waals surface area contributed by atoms with Gasteiger partial charge in [-0.15, -0.1) is 0 Å². The highest BCUT2D eigenvalue weighted by molar-refractivity contribution is 5.84. The average molecular weight is 224 g/mol. The van der Waals surface area contributed by atoms with Gasteiger partial charge in [0.1, 0.15) is 23.5 Å². The molecule has 0 unspecified atom stereocenters. The van der Waals surface area contributed by atoms with Crippen molar-refractivity contribution in [3.63, 3.8) is 0 Å². The standard InChI is InChI=1S/C12H8N4O/c1-16-10-4-2-3-8(7-13)11(10)14-12(16)9-5-6-17-15-9/h2-6H,1H3. The molecule has 2 heterocycles. The van der Waals surface area contributed by atoms with Gasteiger partial charge in [0.2, 0.25) is 0 Å². The molecular weight excluding hydrogens is 216 g/mol. The Morgan fingerprint density at radius 2 is 2.24 bits per heavy atom. The summed E-state index contributed by atoms with van der Waals surface area (Å²) in [4.78, 5) is 4.44. The quantitative estimate of drug-likeness (QED) is 0.634. The van der Waals surface area contributed by atoms with Crippen molar-refractivity contribution in [1.82, 2.24) is 14.7 Å². The van der Waals surface area contributed by atoms with Crippen molar-refractivity contribution in [1.29, 1.82) is 5.26 Å². The predicted molar refractivity (Wildman–Crippen MR) is 60.9 cm³/mol. The predicted octanol–water partition coefficient (Wildman–Crippen LogP) is 2.10. The van der Waals surface area contributed by atoms with Gasteiger partial charge in [-0.25, -0.2) is 4.98 Å². The van der Waals surface area contributed by atoms with E-state index in [1.165, 1.54) is 6.26 Å². The Labute approximate surface area is 96.9 Å². The van der Waals surface area contributed by atoms with E-state index in [0.717, 1.165) is 5.52 Å². The SMILES string of the molecule is Cn1c(-c2ccon2)nc2c(C#N)cccc21. The fourth-order valence-corrected chi connectivity index (χ4v) is 1.86. The van der Waals surface area contributed by atoms with E-state index < -0.39 is 0 Å². The molecule has 0 aliphatic carbocycles. The summed E-state index contributed by atoms with van der Waals surface area (Å²) in [6.07, 6.45) is 1.50. The minimum Gasteiger partial charge on any atom is -0.364 e. The lowest BCUT2D eigenvalue weighted by atomic mass is 10.2. The maximum absolute atomic E-state index is 9.03. The maximum Gasteiger partial charge on any atom is 0.163 e. The molecule has 1 aromatic carbocycles. The molecule has 3 aromatic rings. The minimum atomic E-state index is 0.563. The Balaban J connectivity index is 2.37.